The number of fused-ring (bicyclic) bond motifs is 6. The molecule has 1 nitrogen and oxygen atoms in total. The molecule has 0 N–H and O–H groups in total. The van der Waals surface area contributed by atoms with Crippen molar-refractivity contribution in [2.75, 3.05) is 0 Å². The van der Waals surface area contributed by atoms with Crippen LogP contribution in [0.15, 0.2) is 34.7 Å². The van der Waals surface area contributed by atoms with Gasteiger partial charge in [0, 0.05) is 10.8 Å². The number of rotatable bonds is 0. The first kappa shape index (κ1) is 9.29. The van der Waals surface area contributed by atoms with Gasteiger partial charge in [-0.1, -0.05) is 24.3 Å². The topological polar surface area (TPSA) is 13.1 Å². The molecular weight excluding hydrogens is 208 g/mol. The minimum Gasteiger partial charge on any atom is -0.461 e. The van der Waals surface area contributed by atoms with Crippen LogP contribution in [0.5, 0.6) is 0 Å². The first-order valence-corrected chi connectivity index (χ1v) is 6.27. The van der Waals surface area contributed by atoms with Crippen molar-refractivity contribution in [1.29, 1.82) is 0 Å². The Bertz CT molecular complexity index is 734. The highest BCUT2D eigenvalue weighted by Gasteiger charge is 2.20. The second-order valence-corrected chi connectivity index (χ2v) is 4.96. The summed E-state index contributed by atoms with van der Waals surface area (Å²) >= 11 is 0. The normalized spacial score (nSPS) is 14.6. The Morgan fingerprint density at radius 1 is 0.941 bits per heavy atom. The van der Waals surface area contributed by atoms with Crippen molar-refractivity contribution in [3.8, 4) is 0 Å². The predicted molar refractivity (Wildman–Crippen MR) is 70.5 cm³/mol. The quantitative estimate of drug-likeness (QED) is 0.550. The van der Waals surface area contributed by atoms with Gasteiger partial charge < -0.3 is 4.42 Å². The molecule has 84 valence electrons. The minimum atomic E-state index is 1.02. The monoisotopic (exact) mass is 222 g/mol. The average molecular weight is 222 g/mol. The zero-order valence-electron chi connectivity index (χ0n) is 9.92. The second kappa shape index (κ2) is 3.13. The minimum absolute atomic E-state index is 1.02. The van der Waals surface area contributed by atoms with Gasteiger partial charge in [-0.05, 0) is 48.8 Å². The standard InChI is InChI=1S/C16H14O/c1-10-9-15-13-8-4-7-11(13)12-5-2-3-6-14(12)16(15)17-10/h2-3,5-6,9H,4,7-8H2,1H3. The molecule has 1 aliphatic carbocycles. The van der Waals surface area contributed by atoms with Crippen LogP contribution in [0.3, 0.4) is 0 Å². The fourth-order valence-electron chi connectivity index (χ4n) is 3.22. The Kier molecular flexibility index (Phi) is 1.71. The highest BCUT2D eigenvalue weighted by atomic mass is 16.3. The largest absolute Gasteiger partial charge is 0.461 e. The van der Waals surface area contributed by atoms with E-state index in [9.17, 15) is 0 Å². The second-order valence-electron chi connectivity index (χ2n) is 4.96. The molecule has 0 saturated heterocycles. The molecule has 0 unspecified atom stereocenters. The summed E-state index contributed by atoms with van der Waals surface area (Å²) in [6.45, 7) is 2.04. The van der Waals surface area contributed by atoms with Gasteiger partial charge in [-0.2, -0.15) is 0 Å². The van der Waals surface area contributed by atoms with Crippen LogP contribution >= 0.6 is 0 Å². The Morgan fingerprint density at radius 2 is 1.65 bits per heavy atom. The van der Waals surface area contributed by atoms with Gasteiger partial charge in [0.2, 0.25) is 0 Å². The van der Waals surface area contributed by atoms with Crippen LogP contribution in [0.2, 0.25) is 0 Å². The fraction of sp³-hybridized carbons (Fsp3) is 0.250. The van der Waals surface area contributed by atoms with Gasteiger partial charge in [-0.25, -0.2) is 0 Å². The number of benzene rings is 2. The molecule has 4 rings (SSSR count). The van der Waals surface area contributed by atoms with E-state index in [1.165, 1.54) is 41.0 Å². The molecule has 0 radical (unpaired) electrons. The highest BCUT2D eigenvalue weighted by molar-refractivity contribution is 6.08. The van der Waals surface area contributed by atoms with Crippen molar-refractivity contribution in [2.24, 2.45) is 0 Å². The van der Waals surface area contributed by atoms with Crippen LogP contribution in [-0.4, -0.2) is 0 Å². The molecule has 0 amide bonds. The lowest BCUT2D eigenvalue weighted by Gasteiger charge is -2.06. The lowest BCUT2D eigenvalue weighted by atomic mass is 9.97. The molecule has 3 aromatic rings. The Hall–Kier alpha value is -1.76. The maximum atomic E-state index is 5.91. The van der Waals surface area contributed by atoms with E-state index in [2.05, 4.69) is 30.3 Å². The van der Waals surface area contributed by atoms with E-state index in [0.717, 1.165) is 11.3 Å². The van der Waals surface area contributed by atoms with E-state index in [1.54, 1.807) is 5.56 Å². The Labute approximate surface area is 100 Å². The number of hydrogen-bond acceptors (Lipinski definition) is 1. The summed E-state index contributed by atoms with van der Waals surface area (Å²) in [5, 5.41) is 4.01. The van der Waals surface area contributed by atoms with E-state index in [1.807, 2.05) is 6.92 Å². The van der Waals surface area contributed by atoms with Crippen molar-refractivity contribution in [1.82, 2.24) is 0 Å². The molecule has 1 aliphatic rings. The van der Waals surface area contributed by atoms with Crippen LogP contribution in [0.1, 0.15) is 23.3 Å². The molecule has 0 saturated carbocycles. The zero-order valence-corrected chi connectivity index (χ0v) is 9.92. The molecule has 1 aromatic heterocycles. The van der Waals surface area contributed by atoms with Gasteiger partial charge in [0.25, 0.3) is 0 Å². The van der Waals surface area contributed by atoms with Gasteiger partial charge >= 0.3 is 0 Å². The van der Waals surface area contributed by atoms with Crippen molar-refractivity contribution in [2.45, 2.75) is 26.2 Å². The summed E-state index contributed by atoms with van der Waals surface area (Å²) < 4.78 is 5.91. The van der Waals surface area contributed by atoms with E-state index in [4.69, 9.17) is 4.42 Å². The lowest BCUT2D eigenvalue weighted by Crippen LogP contribution is -1.86. The molecule has 1 heterocycles. The van der Waals surface area contributed by atoms with Gasteiger partial charge in [0.15, 0.2) is 0 Å². The van der Waals surface area contributed by atoms with Gasteiger partial charge in [-0.3, -0.25) is 0 Å². The molecule has 17 heavy (non-hydrogen) atoms. The summed E-state index contributed by atoms with van der Waals surface area (Å²) in [5.41, 5.74) is 4.16. The van der Waals surface area contributed by atoms with Crippen LogP contribution in [0, 0.1) is 6.92 Å². The molecule has 0 bridgehead atoms. The summed E-state index contributed by atoms with van der Waals surface area (Å²) in [7, 11) is 0. The third kappa shape index (κ3) is 1.14. The van der Waals surface area contributed by atoms with Crippen LogP contribution in [-0.2, 0) is 12.8 Å². The smallest absolute Gasteiger partial charge is 0.142 e. The molecular formula is C16H14O. The van der Waals surface area contributed by atoms with Gasteiger partial charge in [-0.15, -0.1) is 0 Å². The van der Waals surface area contributed by atoms with Crippen molar-refractivity contribution < 1.29 is 4.42 Å². The van der Waals surface area contributed by atoms with E-state index in [-0.39, 0.29) is 0 Å². The van der Waals surface area contributed by atoms with Crippen molar-refractivity contribution in [3.63, 3.8) is 0 Å². The van der Waals surface area contributed by atoms with E-state index in [0.29, 0.717) is 0 Å². The predicted octanol–water partition coefficient (Wildman–Crippen LogP) is 4.38. The highest BCUT2D eigenvalue weighted by Crippen LogP contribution is 2.38. The fourth-order valence-corrected chi connectivity index (χ4v) is 3.22. The zero-order chi connectivity index (χ0) is 11.4. The number of hydrogen-bond donors (Lipinski definition) is 0. The molecule has 0 aliphatic heterocycles. The average Bonchev–Trinajstić information content (AvgIpc) is 2.94. The summed E-state index contributed by atoms with van der Waals surface area (Å²) in [5.74, 6) is 1.02. The molecule has 2 aromatic carbocycles. The van der Waals surface area contributed by atoms with Crippen LogP contribution in [0.4, 0.5) is 0 Å². The lowest BCUT2D eigenvalue weighted by molar-refractivity contribution is 0.581. The molecule has 0 atom stereocenters. The summed E-state index contributed by atoms with van der Waals surface area (Å²) in [4.78, 5) is 0. The van der Waals surface area contributed by atoms with Crippen molar-refractivity contribution >= 4 is 21.7 Å². The third-order valence-electron chi connectivity index (χ3n) is 3.90. The molecule has 0 fully saturated rings. The van der Waals surface area contributed by atoms with Crippen molar-refractivity contribution in [3.05, 3.63) is 47.2 Å². The SMILES string of the molecule is Cc1cc2c3c(c4ccccc4c2o1)CCC3. The number of aryl methyl sites for hydroxylation is 3. The molecule has 1 heteroatoms. The summed E-state index contributed by atoms with van der Waals surface area (Å²) in [6, 6.07) is 10.8. The summed E-state index contributed by atoms with van der Waals surface area (Å²) in [6.07, 6.45) is 3.70. The van der Waals surface area contributed by atoms with Crippen LogP contribution in [0.25, 0.3) is 21.7 Å². The Balaban J connectivity index is 2.33. The van der Waals surface area contributed by atoms with Gasteiger partial charge in [0.1, 0.15) is 11.3 Å². The van der Waals surface area contributed by atoms with E-state index >= 15 is 0 Å². The third-order valence-corrected chi connectivity index (χ3v) is 3.90. The maximum Gasteiger partial charge on any atom is 0.142 e. The first-order chi connectivity index (χ1) is 8.34. The molecule has 0 spiro atoms. The maximum absolute atomic E-state index is 5.91. The first-order valence-electron chi connectivity index (χ1n) is 6.27. The Morgan fingerprint density at radius 3 is 2.47 bits per heavy atom. The van der Waals surface area contributed by atoms with Gasteiger partial charge in [0.05, 0.1) is 0 Å². The van der Waals surface area contributed by atoms with Crippen LogP contribution < -0.4 is 0 Å². The number of furan rings is 1. The van der Waals surface area contributed by atoms with E-state index < -0.39 is 0 Å².